The first-order chi connectivity index (χ1) is 8.60. The molecule has 0 spiro atoms. The molecule has 0 aliphatic heterocycles. The van der Waals surface area contributed by atoms with Gasteiger partial charge in [0.2, 0.25) is 5.91 Å². The minimum Gasteiger partial charge on any atom is -0.388 e. The molecule has 2 N–H and O–H groups in total. The molecule has 18 heavy (non-hydrogen) atoms. The number of nitrogens with one attached hydrogen (secondary N) is 1. The summed E-state index contributed by atoms with van der Waals surface area (Å²) in [5.41, 5.74) is 1.77. The molecule has 0 aromatic heterocycles. The van der Waals surface area contributed by atoms with Crippen molar-refractivity contribution >= 4 is 11.6 Å². The highest BCUT2D eigenvalue weighted by atomic mass is 16.3. The molecule has 0 radical (unpaired) electrons. The highest BCUT2D eigenvalue weighted by Crippen LogP contribution is 2.27. The summed E-state index contributed by atoms with van der Waals surface area (Å²) in [5.74, 6) is -0.0132. The van der Waals surface area contributed by atoms with Crippen molar-refractivity contribution in [2.75, 3.05) is 25.0 Å². The Labute approximate surface area is 109 Å². The second kappa shape index (κ2) is 7.01. The van der Waals surface area contributed by atoms with E-state index >= 15 is 0 Å². The predicted octanol–water partition coefficient (Wildman–Crippen LogP) is 1.70. The molecule has 0 saturated carbocycles. The van der Waals surface area contributed by atoms with Crippen LogP contribution in [0.4, 0.5) is 5.69 Å². The Bertz CT molecular complexity index is 393. The highest BCUT2D eigenvalue weighted by molar-refractivity contribution is 5.81. The summed E-state index contributed by atoms with van der Waals surface area (Å²) >= 11 is 0. The van der Waals surface area contributed by atoms with Gasteiger partial charge in [-0.1, -0.05) is 25.1 Å². The summed E-state index contributed by atoms with van der Waals surface area (Å²) in [4.78, 5) is 13.4. The molecule has 1 rings (SSSR count). The van der Waals surface area contributed by atoms with E-state index in [0.717, 1.165) is 11.3 Å². The summed E-state index contributed by atoms with van der Waals surface area (Å²) in [6.07, 6.45) is 0.171. The lowest BCUT2D eigenvalue weighted by Crippen LogP contribution is -2.35. The van der Waals surface area contributed by atoms with Crippen LogP contribution in [0.1, 0.15) is 31.9 Å². The van der Waals surface area contributed by atoms with E-state index in [2.05, 4.69) is 5.32 Å². The lowest BCUT2D eigenvalue weighted by atomic mass is 10.0. The monoisotopic (exact) mass is 250 g/mol. The zero-order valence-electron chi connectivity index (χ0n) is 11.3. The van der Waals surface area contributed by atoms with Crippen molar-refractivity contribution in [2.24, 2.45) is 0 Å². The molecule has 0 aliphatic rings. The van der Waals surface area contributed by atoms with Crippen molar-refractivity contribution in [1.29, 1.82) is 0 Å². The van der Waals surface area contributed by atoms with Crippen LogP contribution < -0.4 is 10.2 Å². The van der Waals surface area contributed by atoms with Crippen LogP contribution in [0.2, 0.25) is 0 Å². The molecule has 1 aromatic rings. The molecule has 0 fully saturated rings. The number of hydrogen-bond acceptors (Lipinski definition) is 3. The van der Waals surface area contributed by atoms with Crippen LogP contribution in [0, 0.1) is 0 Å². The van der Waals surface area contributed by atoms with Crippen LogP contribution >= 0.6 is 0 Å². The molecule has 0 aliphatic carbocycles. The minimum atomic E-state index is -0.488. The fraction of sp³-hybridized carbons (Fsp3) is 0.500. The van der Waals surface area contributed by atoms with Crippen molar-refractivity contribution in [1.82, 2.24) is 5.32 Å². The van der Waals surface area contributed by atoms with E-state index < -0.39 is 6.10 Å². The number of rotatable bonds is 6. The van der Waals surface area contributed by atoms with Crippen molar-refractivity contribution in [3.05, 3.63) is 29.8 Å². The van der Waals surface area contributed by atoms with Crippen LogP contribution in [-0.2, 0) is 4.79 Å². The fourth-order valence-corrected chi connectivity index (χ4v) is 1.89. The maximum Gasteiger partial charge on any atom is 0.239 e. The van der Waals surface area contributed by atoms with Crippen molar-refractivity contribution < 1.29 is 9.90 Å². The molecule has 1 atom stereocenters. The van der Waals surface area contributed by atoms with Gasteiger partial charge in [0.1, 0.15) is 0 Å². The molecular weight excluding hydrogens is 228 g/mol. The molecule has 1 amide bonds. The summed E-state index contributed by atoms with van der Waals surface area (Å²) in [6.45, 7) is 4.76. The van der Waals surface area contributed by atoms with Gasteiger partial charge in [-0.3, -0.25) is 4.79 Å². The Morgan fingerprint density at radius 2 is 2.06 bits per heavy atom. The molecule has 0 saturated heterocycles. The summed E-state index contributed by atoms with van der Waals surface area (Å²) < 4.78 is 0. The Morgan fingerprint density at radius 3 is 2.67 bits per heavy atom. The molecule has 4 nitrogen and oxygen atoms in total. The number of amides is 1. The number of aliphatic hydroxyl groups is 1. The second-order valence-corrected chi connectivity index (χ2v) is 4.29. The molecule has 0 bridgehead atoms. The van der Waals surface area contributed by atoms with Gasteiger partial charge >= 0.3 is 0 Å². The SMILES string of the molecule is CCNC(=O)CN(C)c1ccccc1[C@@H](O)CC. The third-order valence-electron chi connectivity index (χ3n) is 2.85. The highest BCUT2D eigenvalue weighted by Gasteiger charge is 2.14. The third kappa shape index (κ3) is 3.74. The second-order valence-electron chi connectivity index (χ2n) is 4.29. The van der Waals surface area contributed by atoms with Crippen LogP contribution in [0.3, 0.4) is 0 Å². The Hall–Kier alpha value is -1.55. The number of anilines is 1. The van der Waals surface area contributed by atoms with E-state index in [1.54, 1.807) is 0 Å². The van der Waals surface area contributed by atoms with Gasteiger partial charge in [0.05, 0.1) is 12.6 Å². The summed E-state index contributed by atoms with van der Waals surface area (Å²) in [6, 6.07) is 7.64. The van der Waals surface area contributed by atoms with Crippen LogP contribution in [0.5, 0.6) is 0 Å². The van der Waals surface area contributed by atoms with Crippen molar-refractivity contribution in [3.8, 4) is 0 Å². The normalized spacial score (nSPS) is 12.0. The lowest BCUT2D eigenvalue weighted by molar-refractivity contribution is -0.119. The van der Waals surface area contributed by atoms with E-state index in [4.69, 9.17) is 0 Å². The molecule has 4 heteroatoms. The Kier molecular flexibility index (Phi) is 5.65. The predicted molar refractivity (Wildman–Crippen MR) is 73.6 cm³/mol. The number of hydrogen-bond donors (Lipinski definition) is 2. The number of carbonyl (C=O) groups excluding carboxylic acids is 1. The maximum absolute atomic E-state index is 11.6. The van der Waals surface area contributed by atoms with E-state index in [0.29, 0.717) is 19.5 Å². The number of para-hydroxylation sites is 1. The first kappa shape index (κ1) is 14.5. The molecule has 1 aromatic carbocycles. The fourth-order valence-electron chi connectivity index (χ4n) is 1.89. The van der Waals surface area contributed by atoms with Gasteiger partial charge in [-0.2, -0.15) is 0 Å². The molecular formula is C14H22N2O2. The molecule has 0 unspecified atom stereocenters. The third-order valence-corrected chi connectivity index (χ3v) is 2.85. The largest absolute Gasteiger partial charge is 0.388 e. The maximum atomic E-state index is 11.6. The van der Waals surface area contributed by atoms with E-state index in [-0.39, 0.29) is 5.91 Å². The van der Waals surface area contributed by atoms with Gasteiger partial charge in [-0.05, 0) is 19.4 Å². The Balaban J connectivity index is 2.84. The zero-order valence-corrected chi connectivity index (χ0v) is 11.3. The van der Waals surface area contributed by atoms with E-state index in [1.165, 1.54) is 0 Å². The van der Waals surface area contributed by atoms with Gasteiger partial charge in [0.25, 0.3) is 0 Å². The first-order valence-electron chi connectivity index (χ1n) is 6.34. The van der Waals surface area contributed by atoms with Crippen LogP contribution in [0.25, 0.3) is 0 Å². The lowest BCUT2D eigenvalue weighted by Gasteiger charge is -2.23. The van der Waals surface area contributed by atoms with Gasteiger partial charge in [0, 0.05) is 24.8 Å². The Morgan fingerprint density at radius 1 is 1.39 bits per heavy atom. The van der Waals surface area contributed by atoms with Crippen molar-refractivity contribution in [3.63, 3.8) is 0 Å². The number of benzene rings is 1. The average Bonchev–Trinajstić information content (AvgIpc) is 2.38. The summed E-state index contributed by atoms with van der Waals surface area (Å²) in [5, 5.41) is 12.7. The average molecular weight is 250 g/mol. The number of carbonyl (C=O) groups is 1. The van der Waals surface area contributed by atoms with E-state index in [1.807, 2.05) is 50.1 Å². The van der Waals surface area contributed by atoms with Gasteiger partial charge in [-0.25, -0.2) is 0 Å². The van der Waals surface area contributed by atoms with Crippen LogP contribution in [0.15, 0.2) is 24.3 Å². The van der Waals surface area contributed by atoms with E-state index in [9.17, 15) is 9.90 Å². The quantitative estimate of drug-likeness (QED) is 0.808. The number of aliphatic hydroxyl groups excluding tert-OH is 1. The zero-order chi connectivity index (χ0) is 13.5. The van der Waals surface area contributed by atoms with Crippen molar-refractivity contribution in [2.45, 2.75) is 26.4 Å². The first-order valence-corrected chi connectivity index (χ1v) is 6.34. The van der Waals surface area contributed by atoms with Gasteiger partial charge < -0.3 is 15.3 Å². The standard InChI is InChI=1S/C14H22N2O2/c1-4-13(17)11-8-6-7-9-12(11)16(3)10-14(18)15-5-2/h6-9,13,17H,4-5,10H2,1-3H3,(H,15,18)/t13-/m0/s1. The smallest absolute Gasteiger partial charge is 0.239 e. The topological polar surface area (TPSA) is 52.6 Å². The minimum absolute atomic E-state index is 0.0132. The van der Waals surface area contributed by atoms with Gasteiger partial charge in [-0.15, -0.1) is 0 Å². The molecule has 0 heterocycles. The number of nitrogens with zero attached hydrogens (tertiary/aromatic N) is 1. The number of likely N-dealkylation sites (N-methyl/N-ethyl adjacent to an activating group) is 2. The van der Waals surface area contributed by atoms with Crippen LogP contribution in [-0.4, -0.2) is 31.2 Å². The van der Waals surface area contributed by atoms with Gasteiger partial charge in [0.15, 0.2) is 0 Å². The molecule has 100 valence electrons. The summed E-state index contributed by atoms with van der Waals surface area (Å²) in [7, 11) is 1.86.